The van der Waals surface area contributed by atoms with Crippen LogP contribution in [0.2, 0.25) is 0 Å². The molecule has 3 rings (SSSR count). The maximum atomic E-state index is 5.99. The minimum absolute atomic E-state index is 0.182. The van der Waals surface area contributed by atoms with Gasteiger partial charge in [-0.15, -0.1) is 0 Å². The normalized spacial score (nSPS) is 16.5. The van der Waals surface area contributed by atoms with E-state index in [1.165, 1.54) is 16.7 Å². The van der Waals surface area contributed by atoms with Crippen LogP contribution in [0.1, 0.15) is 16.7 Å². The fourth-order valence-electron chi connectivity index (χ4n) is 2.76. The first kappa shape index (κ1) is 14.9. The Bertz CT molecular complexity index is 661. The van der Waals surface area contributed by atoms with E-state index in [0.717, 1.165) is 33.3 Å². The summed E-state index contributed by atoms with van der Waals surface area (Å²) in [5, 5.41) is 3.52. The second-order valence-electron chi connectivity index (χ2n) is 5.52. The molecule has 21 heavy (non-hydrogen) atoms. The zero-order chi connectivity index (χ0) is 15.0. The third kappa shape index (κ3) is 3.27. The van der Waals surface area contributed by atoms with E-state index < -0.39 is 0 Å². The van der Waals surface area contributed by atoms with E-state index in [0.29, 0.717) is 0 Å². The molecule has 1 unspecified atom stereocenters. The number of anilines is 1. The molecule has 0 spiro atoms. The topological polar surface area (TPSA) is 21.3 Å². The molecule has 1 atom stereocenters. The fraction of sp³-hybridized carbons (Fsp3) is 0.294. The Kier molecular flexibility index (Phi) is 4.27. The van der Waals surface area contributed by atoms with Gasteiger partial charge in [0.25, 0.3) is 0 Å². The lowest BCUT2D eigenvalue weighted by Crippen LogP contribution is -2.24. The number of ether oxygens (including phenoxy) is 1. The summed E-state index contributed by atoms with van der Waals surface area (Å²) in [6, 6.07) is 10.5. The Labute approximate surface area is 142 Å². The van der Waals surface area contributed by atoms with Gasteiger partial charge in [-0.3, -0.25) is 0 Å². The van der Waals surface area contributed by atoms with Gasteiger partial charge in [0.2, 0.25) is 0 Å². The van der Waals surface area contributed by atoms with Gasteiger partial charge in [-0.2, -0.15) is 0 Å². The van der Waals surface area contributed by atoms with Gasteiger partial charge in [-0.05, 0) is 70.7 Å². The number of nitrogens with one attached hydrogen (secondary N) is 1. The van der Waals surface area contributed by atoms with Crippen LogP contribution in [0.4, 0.5) is 5.69 Å². The number of hydrogen-bond donors (Lipinski definition) is 1. The van der Waals surface area contributed by atoms with E-state index in [-0.39, 0.29) is 6.10 Å². The maximum absolute atomic E-state index is 5.99. The summed E-state index contributed by atoms with van der Waals surface area (Å²) in [6.07, 6.45) is 1.13. The average Bonchev–Trinajstić information content (AvgIpc) is 2.79. The highest BCUT2D eigenvalue weighted by Crippen LogP contribution is 2.32. The zero-order valence-electron chi connectivity index (χ0n) is 12.0. The van der Waals surface area contributed by atoms with E-state index in [1.54, 1.807) is 0 Å². The number of rotatable bonds is 3. The second-order valence-corrected chi connectivity index (χ2v) is 7.29. The molecule has 1 N–H and O–H groups in total. The van der Waals surface area contributed by atoms with Gasteiger partial charge in [0.15, 0.2) is 0 Å². The molecule has 1 aliphatic heterocycles. The van der Waals surface area contributed by atoms with Crippen molar-refractivity contribution in [2.45, 2.75) is 26.4 Å². The number of benzene rings is 2. The highest BCUT2D eigenvalue weighted by molar-refractivity contribution is 9.10. The third-order valence-electron chi connectivity index (χ3n) is 3.70. The molecule has 0 saturated heterocycles. The summed E-state index contributed by atoms with van der Waals surface area (Å²) in [6.45, 7) is 5.03. The summed E-state index contributed by atoms with van der Waals surface area (Å²) in [7, 11) is 0. The van der Waals surface area contributed by atoms with Gasteiger partial charge in [0, 0.05) is 15.4 Å². The van der Waals surface area contributed by atoms with Crippen molar-refractivity contribution in [1.29, 1.82) is 0 Å². The minimum atomic E-state index is 0.182. The van der Waals surface area contributed by atoms with Crippen LogP contribution in [0.3, 0.4) is 0 Å². The second kappa shape index (κ2) is 6.01. The molecule has 110 valence electrons. The molecule has 2 aromatic rings. The maximum Gasteiger partial charge on any atom is 0.123 e. The lowest BCUT2D eigenvalue weighted by Gasteiger charge is -2.16. The van der Waals surface area contributed by atoms with Crippen LogP contribution < -0.4 is 10.1 Å². The minimum Gasteiger partial charge on any atom is -0.488 e. The van der Waals surface area contributed by atoms with Crippen LogP contribution in [-0.4, -0.2) is 12.6 Å². The van der Waals surface area contributed by atoms with Crippen LogP contribution >= 0.6 is 31.9 Å². The Hall–Kier alpha value is -1.00. The number of fused-ring (bicyclic) bond motifs is 1. The van der Waals surface area contributed by atoms with E-state index in [4.69, 9.17) is 4.74 Å². The number of hydrogen-bond acceptors (Lipinski definition) is 2. The first-order valence-electron chi connectivity index (χ1n) is 6.98. The molecule has 2 nitrogen and oxygen atoms in total. The number of halogens is 2. The van der Waals surface area contributed by atoms with Crippen LogP contribution in [0.15, 0.2) is 39.3 Å². The van der Waals surface area contributed by atoms with Gasteiger partial charge in [0.05, 0.1) is 12.2 Å². The summed E-state index contributed by atoms with van der Waals surface area (Å²) >= 11 is 7.14. The van der Waals surface area contributed by atoms with Gasteiger partial charge >= 0.3 is 0 Å². The lowest BCUT2D eigenvalue weighted by atomic mass is 10.1. The van der Waals surface area contributed by atoms with E-state index in [2.05, 4.69) is 69.2 Å². The summed E-state index contributed by atoms with van der Waals surface area (Å²) in [5.74, 6) is 1.00. The molecule has 0 bridgehead atoms. The number of aryl methyl sites for hydroxylation is 2. The summed E-state index contributed by atoms with van der Waals surface area (Å²) in [4.78, 5) is 0. The Morgan fingerprint density at radius 1 is 1.19 bits per heavy atom. The highest BCUT2D eigenvalue weighted by atomic mass is 79.9. The first-order chi connectivity index (χ1) is 10.0. The molecule has 4 heteroatoms. The lowest BCUT2D eigenvalue weighted by molar-refractivity contribution is 0.246. The molecule has 2 aromatic carbocycles. The molecule has 0 aliphatic carbocycles. The van der Waals surface area contributed by atoms with Crippen molar-refractivity contribution in [3.05, 3.63) is 56.0 Å². The molecule has 1 aliphatic rings. The molecule has 1 heterocycles. The Morgan fingerprint density at radius 3 is 2.76 bits per heavy atom. The molecular formula is C17H17Br2NO. The SMILES string of the molecule is Cc1cc(C)c(NCC2Cc3cc(Br)ccc3O2)c(Br)c1. The molecular weight excluding hydrogens is 394 g/mol. The van der Waals surface area contributed by atoms with Crippen LogP contribution in [0.5, 0.6) is 5.75 Å². The predicted molar refractivity (Wildman–Crippen MR) is 94.4 cm³/mol. The quantitative estimate of drug-likeness (QED) is 0.746. The molecule has 0 amide bonds. The van der Waals surface area contributed by atoms with Crippen molar-refractivity contribution in [2.75, 3.05) is 11.9 Å². The van der Waals surface area contributed by atoms with Crippen molar-refractivity contribution in [2.24, 2.45) is 0 Å². The van der Waals surface area contributed by atoms with Gasteiger partial charge in [-0.1, -0.05) is 22.0 Å². The highest BCUT2D eigenvalue weighted by Gasteiger charge is 2.23. The van der Waals surface area contributed by atoms with Gasteiger partial charge in [-0.25, -0.2) is 0 Å². The monoisotopic (exact) mass is 409 g/mol. The molecule has 0 radical (unpaired) electrons. The molecule has 0 saturated carbocycles. The molecule has 0 fully saturated rings. The summed E-state index contributed by atoms with van der Waals surface area (Å²) in [5.41, 5.74) is 4.94. The van der Waals surface area contributed by atoms with Gasteiger partial charge < -0.3 is 10.1 Å². The Balaban J connectivity index is 1.68. The van der Waals surface area contributed by atoms with Crippen molar-refractivity contribution >= 4 is 37.5 Å². The fourth-order valence-corrected chi connectivity index (χ4v) is 3.98. The average molecular weight is 411 g/mol. The first-order valence-corrected chi connectivity index (χ1v) is 8.57. The standard InChI is InChI=1S/C17H17Br2NO/c1-10-5-11(2)17(15(19)6-10)20-9-14-8-12-7-13(18)3-4-16(12)21-14/h3-7,14,20H,8-9H2,1-2H3. The van der Waals surface area contributed by atoms with Crippen LogP contribution in [0, 0.1) is 13.8 Å². The third-order valence-corrected chi connectivity index (χ3v) is 4.82. The van der Waals surface area contributed by atoms with E-state index in [9.17, 15) is 0 Å². The predicted octanol–water partition coefficient (Wildman–Crippen LogP) is 5.24. The largest absolute Gasteiger partial charge is 0.488 e. The van der Waals surface area contributed by atoms with Crippen LogP contribution in [-0.2, 0) is 6.42 Å². The molecule has 0 aromatic heterocycles. The van der Waals surface area contributed by atoms with E-state index >= 15 is 0 Å². The van der Waals surface area contributed by atoms with Gasteiger partial charge in [0.1, 0.15) is 11.9 Å². The van der Waals surface area contributed by atoms with Crippen molar-refractivity contribution in [3.63, 3.8) is 0 Å². The van der Waals surface area contributed by atoms with Crippen molar-refractivity contribution in [3.8, 4) is 5.75 Å². The van der Waals surface area contributed by atoms with Crippen LogP contribution in [0.25, 0.3) is 0 Å². The Morgan fingerprint density at radius 2 is 2.00 bits per heavy atom. The van der Waals surface area contributed by atoms with Crippen molar-refractivity contribution < 1.29 is 4.74 Å². The van der Waals surface area contributed by atoms with E-state index in [1.807, 2.05) is 12.1 Å². The van der Waals surface area contributed by atoms with Crippen molar-refractivity contribution in [1.82, 2.24) is 0 Å². The zero-order valence-corrected chi connectivity index (χ0v) is 15.2. The smallest absolute Gasteiger partial charge is 0.123 e. The summed E-state index contributed by atoms with van der Waals surface area (Å²) < 4.78 is 8.20.